The fraction of sp³-hybridized carbons (Fsp3) is 0.200. The monoisotopic (exact) mass is 475 g/mol. The van der Waals surface area contributed by atoms with Crippen LogP contribution in [0.1, 0.15) is 19.4 Å². The number of hydrogen-bond donors (Lipinski definition) is 2. The molecule has 1 aromatic heterocycles. The Bertz CT molecular complexity index is 1250. The summed E-state index contributed by atoms with van der Waals surface area (Å²) in [5.74, 6) is -0.601. The smallest absolute Gasteiger partial charge is 0.349 e. The maximum atomic E-state index is 12.6. The maximum Gasteiger partial charge on any atom is 0.349 e. The number of carboxylic acids is 1. The minimum atomic E-state index is -1.12. The molecule has 0 aliphatic carbocycles. The molecule has 0 fully saturated rings. The number of benzene rings is 2. The zero-order valence-electron chi connectivity index (χ0n) is 16.1. The molecule has 9 nitrogen and oxygen atoms in total. The Kier molecular flexibility index (Phi) is 6.36. The van der Waals surface area contributed by atoms with E-state index in [-0.39, 0.29) is 5.75 Å². The summed E-state index contributed by atoms with van der Waals surface area (Å²) in [6.45, 7) is 3.49. The number of aliphatic carboxylic acids is 1. The van der Waals surface area contributed by atoms with Gasteiger partial charge in [-0.3, -0.25) is 4.79 Å². The van der Waals surface area contributed by atoms with Crippen molar-refractivity contribution in [2.75, 3.05) is 6.61 Å². The third-order valence-corrected chi connectivity index (χ3v) is 4.67. The second kappa shape index (κ2) is 8.95. The van der Waals surface area contributed by atoms with Crippen LogP contribution in [0.5, 0.6) is 11.5 Å². The van der Waals surface area contributed by atoms with Crippen molar-refractivity contribution in [3.8, 4) is 11.5 Å². The first-order valence-electron chi connectivity index (χ1n) is 8.96. The summed E-state index contributed by atoms with van der Waals surface area (Å²) >= 11 is 3.34. The van der Waals surface area contributed by atoms with Crippen molar-refractivity contribution in [1.29, 1.82) is 0 Å². The van der Waals surface area contributed by atoms with Crippen LogP contribution >= 0.6 is 15.9 Å². The van der Waals surface area contributed by atoms with Crippen LogP contribution in [-0.2, 0) is 4.79 Å². The molecule has 3 rings (SSSR count). The first-order valence-corrected chi connectivity index (χ1v) is 9.75. The molecule has 0 aliphatic rings. The summed E-state index contributed by atoms with van der Waals surface area (Å²) in [7, 11) is 0. The van der Waals surface area contributed by atoms with Gasteiger partial charge in [0.1, 0.15) is 0 Å². The van der Waals surface area contributed by atoms with Crippen LogP contribution in [0.15, 0.2) is 55.6 Å². The number of hydrogen-bond acceptors (Lipinski definition) is 6. The molecule has 0 bridgehead atoms. The number of nitrogens with zero attached hydrogens (tertiary/aromatic N) is 2. The predicted molar refractivity (Wildman–Crippen MR) is 115 cm³/mol. The van der Waals surface area contributed by atoms with E-state index in [0.717, 1.165) is 4.68 Å². The lowest BCUT2D eigenvalue weighted by molar-refractivity contribution is -0.144. The molecule has 10 heteroatoms. The molecule has 0 saturated carbocycles. The van der Waals surface area contributed by atoms with E-state index in [1.807, 2.05) is 0 Å². The number of aromatic amines is 1. The molecule has 2 aromatic carbocycles. The number of H-pyrrole nitrogens is 1. The third-order valence-electron chi connectivity index (χ3n) is 4.08. The SMILES string of the molecule is CCOc1cc(C=Nn2c(=O)[nH]c3ccccc3c2=O)cc(Br)c1O[C@H](C)C(=O)O. The van der Waals surface area contributed by atoms with Gasteiger partial charge in [0.05, 0.1) is 28.2 Å². The minimum absolute atomic E-state index is 0.226. The van der Waals surface area contributed by atoms with E-state index < -0.39 is 23.3 Å². The molecule has 0 radical (unpaired) electrons. The van der Waals surface area contributed by atoms with E-state index in [9.17, 15) is 14.4 Å². The van der Waals surface area contributed by atoms with Gasteiger partial charge in [0.2, 0.25) is 0 Å². The Balaban J connectivity index is 2.02. The number of carbonyl (C=O) groups is 1. The van der Waals surface area contributed by atoms with E-state index in [1.165, 1.54) is 13.1 Å². The quantitative estimate of drug-likeness (QED) is 0.506. The van der Waals surface area contributed by atoms with E-state index in [2.05, 4.69) is 26.0 Å². The fourth-order valence-corrected chi connectivity index (χ4v) is 3.20. The van der Waals surface area contributed by atoms with Crippen LogP contribution in [0.4, 0.5) is 0 Å². The average molecular weight is 476 g/mol. The maximum absolute atomic E-state index is 12.6. The number of rotatable bonds is 7. The Morgan fingerprint density at radius 3 is 2.77 bits per heavy atom. The average Bonchev–Trinajstić information content (AvgIpc) is 2.70. The number of ether oxygens (including phenoxy) is 2. The lowest BCUT2D eigenvalue weighted by Crippen LogP contribution is -2.32. The Morgan fingerprint density at radius 2 is 2.07 bits per heavy atom. The fourth-order valence-electron chi connectivity index (χ4n) is 2.65. The normalized spacial score (nSPS) is 12.2. The molecule has 2 N–H and O–H groups in total. The summed E-state index contributed by atoms with van der Waals surface area (Å²) in [5, 5.41) is 13.4. The van der Waals surface area contributed by atoms with Gasteiger partial charge >= 0.3 is 11.7 Å². The number of halogens is 1. The predicted octanol–water partition coefficient (Wildman–Crippen LogP) is 2.59. The zero-order valence-corrected chi connectivity index (χ0v) is 17.7. The Labute approximate surface area is 178 Å². The van der Waals surface area contributed by atoms with E-state index in [0.29, 0.717) is 33.3 Å². The second-order valence-electron chi connectivity index (χ2n) is 6.20. The van der Waals surface area contributed by atoms with Crippen LogP contribution in [0.3, 0.4) is 0 Å². The molecular weight excluding hydrogens is 458 g/mol. The summed E-state index contributed by atoms with van der Waals surface area (Å²) in [4.78, 5) is 38.5. The summed E-state index contributed by atoms with van der Waals surface area (Å²) < 4.78 is 12.2. The van der Waals surface area contributed by atoms with Crippen LogP contribution in [0.2, 0.25) is 0 Å². The van der Waals surface area contributed by atoms with Gasteiger partial charge in [-0.1, -0.05) is 12.1 Å². The molecule has 3 aromatic rings. The van der Waals surface area contributed by atoms with Crippen LogP contribution in [-0.4, -0.2) is 39.7 Å². The summed E-state index contributed by atoms with van der Waals surface area (Å²) in [5.41, 5.74) is -0.297. The van der Waals surface area contributed by atoms with E-state index in [1.54, 1.807) is 43.3 Å². The van der Waals surface area contributed by atoms with Crippen molar-refractivity contribution < 1.29 is 19.4 Å². The van der Waals surface area contributed by atoms with E-state index >= 15 is 0 Å². The molecule has 1 atom stereocenters. The van der Waals surface area contributed by atoms with Crippen molar-refractivity contribution in [1.82, 2.24) is 9.66 Å². The van der Waals surface area contributed by atoms with Gasteiger partial charge in [-0.25, -0.2) is 9.59 Å². The highest BCUT2D eigenvalue weighted by molar-refractivity contribution is 9.10. The van der Waals surface area contributed by atoms with Gasteiger partial charge in [-0.2, -0.15) is 5.10 Å². The van der Waals surface area contributed by atoms with Crippen molar-refractivity contribution in [3.05, 3.63) is 67.3 Å². The van der Waals surface area contributed by atoms with Crippen LogP contribution in [0, 0.1) is 0 Å². The first kappa shape index (κ1) is 21.3. The minimum Gasteiger partial charge on any atom is -0.490 e. The molecule has 1 heterocycles. The Hall–Kier alpha value is -3.40. The van der Waals surface area contributed by atoms with Gasteiger partial charge in [-0.15, -0.1) is 4.68 Å². The Morgan fingerprint density at radius 1 is 1.33 bits per heavy atom. The molecule has 0 saturated heterocycles. The number of fused-ring (bicyclic) bond motifs is 1. The molecule has 30 heavy (non-hydrogen) atoms. The summed E-state index contributed by atoms with van der Waals surface area (Å²) in [6, 6.07) is 9.82. The van der Waals surface area contributed by atoms with Crippen LogP contribution in [0.25, 0.3) is 10.9 Å². The topological polar surface area (TPSA) is 123 Å². The number of carboxylic acid groups (broad SMARTS) is 1. The van der Waals surface area contributed by atoms with Gasteiger partial charge in [-0.05, 0) is 59.6 Å². The molecule has 0 unspecified atom stereocenters. The summed E-state index contributed by atoms with van der Waals surface area (Å²) in [6.07, 6.45) is 0.234. The molecular formula is C20H18BrN3O6. The van der Waals surface area contributed by atoms with Crippen molar-refractivity contribution in [2.45, 2.75) is 20.0 Å². The van der Waals surface area contributed by atoms with Crippen molar-refractivity contribution >= 4 is 39.0 Å². The largest absolute Gasteiger partial charge is 0.490 e. The highest BCUT2D eigenvalue weighted by Gasteiger charge is 2.19. The van der Waals surface area contributed by atoms with Gasteiger partial charge in [0, 0.05) is 0 Å². The third kappa shape index (κ3) is 4.43. The molecule has 0 amide bonds. The first-order chi connectivity index (χ1) is 14.3. The van der Waals surface area contributed by atoms with Gasteiger partial charge < -0.3 is 19.6 Å². The van der Waals surface area contributed by atoms with Crippen molar-refractivity contribution in [3.63, 3.8) is 0 Å². The highest BCUT2D eigenvalue weighted by Crippen LogP contribution is 2.37. The zero-order chi connectivity index (χ0) is 21.8. The number of nitrogens with one attached hydrogen (secondary N) is 1. The standard InChI is InChI=1S/C20H18BrN3O6/c1-3-29-16-9-12(8-14(21)17(16)30-11(2)19(26)27)10-22-24-18(25)13-6-4-5-7-15(13)23-20(24)28/h4-11H,3H2,1-2H3,(H,23,28)(H,26,27)/t11-/m1/s1. The van der Waals surface area contributed by atoms with Gasteiger partial charge in [0.25, 0.3) is 5.56 Å². The van der Waals surface area contributed by atoms with Crippen molar-refractivity contribution in [2.24, 2.45) is 5.10 Å². The molecule has 0 spiro atoms. The van der Waals surface area contributed by atoms with Crippen LogP contribution < -0.4 is 20.7 Å². The van der Waals surface area contributed by atoms with E-state index in [4.69, 9.17) is 14.6 Å². The lowest BCUT2D eigenvalue weighted by Gasteiger charge is -2.16. The second-order valence-corrected chi connectivity index (χ2v) is 7.05. The highest BCUT2D eigenvalue weighted by atomic mass is 79.9. The molecule has 0 aliphatic heterocycles. The number of aromatic nitrogens is 2. The lowest BCUT2D eigenvalue weighted by atomic mass is 10.2. The number of para-hydroxylation sites is 1. The van der Waals surface area contributed by atoms with Gasteiger partial charge in [0.15, 0.2) is 17.6 Å². The molecule has 156 valence electrons.